The van der Waals surface area contributed by atoms with Crippen molar-refractivity contribution in [3.63, 3.8) is 0 Å². The number of nitrogens with zero attached hydrogens (tertiary/aromatic N) is 3. The number of hydrogen-bond donors (Lipinski definition) is 3. The van der Waals surface area contributed by atoms with Crippen LogP contribution in [0.2, 0.25) is 0 Å². The third kappa shape index (κ3) is 5.42. The van der Waals surface area contributed by atoms with Gasteiger partial charge in [-0.1, -0.05) is 0 Å². The predicted molar refractivity (Wildman–Crippen MR) is 129 cm³/mol. The Morgan fingerprint density at radius 3 is 2.61 bits per heavy atom. The third-order valence-electron chi connectivity index (χ3n) is 5.10. The number of hydrogen-bond acceptors (Lipinski definition) is 6. The van der Waals surface area contributed by atoms with Gasteiger partial charge in [0.05, 0.1) is 12.6 Å². The van der Waals surface area contributed by atoms with Gasteiger partial charge < -0.3 is 30.4 Å². The van der Waals surface area contributed by atoms with Gasteiger partial charge in [-0.3, -0.25) is 0 Å². The lowest BCUT2D eigenvalue weighted by Gasteiger charge is -2.14. The molecule has 0 unspecified atom stereocenters. The molecule has 0 atom stereocenters. The fourth-order valence-corrected chi connectivity index (χ4v) is 3.60. The minimum atomic E-state index is 0.438. The normalized spacial score (nSPS) is 11.0. The van der Waals surface area contributed by atoms with Gasteiger partial charge in [-0.25, -0.2) is 9.97 Å². The minimum Gasteiger partial charge on any atom is -0.497 e. The van der Waals surface area contributed by atoms with E-state index in [0.29, 0.717) is 30.7 Å². The number of nitrogen functional groups attached to an aromatic ring is 1. The highest BCUT2D eigenvalue weighted by Gasteiger charge is 2.17. The highest BCUT2D eigenvalue weighted by atomic mass is 32.1. The van der Waals surface area contributed by atoms with Gasteiger partial charge in [0.2, 0.25) is 0 Å². The van der Waals surface area contributed by atoms with Crippen molar-refractivity contribution in [3.8, 4) is 5.75 Å². The van der Waals surface area contributed by atoms with Crippen LogP contribution in [0.1, 0.15) is 30.4 Å². The SMILES string of the molecule is CCOCc1nc2c(N)nc(C)c(C)c2n1CCCNC(=S)Nc1ccc(OC)cc1. The summed E-state index contributed by atoms with van der Waals surface area (Å²) in [4.78, 5) is 9.14. The molecule has 0 aliphatic carbocycles. The smallest absolute Gasteiger partial charge is 0.170 e. The number of nitrogens with one attached hydrogen (secondary N) is 2. The van der Waals surface area contributed by atoms with Crippen LogP contribution in [0.15, 0.2) is 24.3 Å². The fourth-order valence-electron chi connectivity index (χ4n) is 3.38. The molecule has 2 aromatic heterocycles. The zero-order valence-electron chi connectivity index (χ0n) is 18.5. The number of aryl methyl sites for hydroxylation is 3. The second-order valence-corrected chi connectivity index (χ2v) is 7.59. The van der Waals surface area contributed by atoms with Crippen molar-refractivity contribution in [2.24, 2.45) is 0 Å². The lowest BCUT2D eigenvalue weighted by molar-refractivity contribution is 0.126. The molecule has 0 saturated carbocycles. The van der Waals surface area contributed by atoms with Crippen molar-refractivity contribution in [2.45, 2.75) is 40.3 Å². The molecule has 0 aliphatic heterocycles. The summed E-state index contributed by atoms with van der Waals surface area (Å²) in [5.41, 5.74) is 10.8. The molecular formula is C22H30N6O2S. The van der Waals surface area contributed by atoms with Gasteiger partial charge in [0.25, 0.3) is 0 Å². The molecule has 166 valence electrons. The average molecular weight is 443 g/mol. The van der Waals surface area contributed by atoms with Crippen molar-refractivity contribution >= 4 is 39.9 Å². The molecule has 8 nitrogen and oxygen atoms in total. The van der Waals surface area contributed by atoms with Gasteiger partial charge in [-0.2, -0.15) is 0 Å². The zero-order valence-corrected chi connectivity index (χ0v) is 19.3. The molecule has 0 aliphatic rings. The third-order valence-corrected chi connectivity index (χ3v) is 5.35. The molecule has 0 bridgehead atoms. The Balaban J connectivity index is 1.64. The first-order valence-electron chi connectivity index (χ1n) is 10.3. The molecule has 3 rings (SSSR count). The second kappa shape index (κ2) is 10.4. The van der Waals surface area contributed by atoms with E-state index in [0.717, 1.165) is 52.5 Å². The monoisotopic (exact) mass is 442 g/mol. The van der Waals surface area contributed by atoms with Gasteiger partial charge >= 0.3 is 0 Å². The summed E-state index contributed by atoms with van der Waals surface area (Å²) in [5, 5.41) is 7.02. The maximum atomic E-state index is 6.15. The Hall–Kier alpha value is -2.91. The van der Waals surface area contributed by atoms with Crippen molar-refractivity contribution in [2.75, 3.05) is 31.3 Å². The number of aromatic nitrogens is 3. The van der Waals surface area contributed by atoms with Crippen LogP contribution in [-0.4, -0.2) is 39.9 Å². The topological polar surface area (TPSA) is 99.3 Å². The molecule has 4 N–H and O–H groups in total. The van der Waals surface area contributed by atoms with E-state index in [2.05, 4.69) is 27.1 Å². The Morgan fingerprint density at radius 2 is 1.94 bits per heavy atom. The maximum Gasteiger partial charge on any atom is 0.170 e. The van der Waals surface area contributed by atoms with E-state index in [1.807, 2.05) is 38.1 Å². The second-order valence-electron chi connectivity index (χ2n) is 7.18. The largest absolute Gasteiger partial charge is 0.497 e. The van der Waals surface area contributed by atoms with Crippen LogP contribution >= 0.6 is 12.2 Å². The van der Waals surface area contributed by atoms with Gasteiger partial charge in [0, 0.05) is 31.1 Å². The Bertz CT molecular complexity index is 1050. The number of methoxy groups -OCH3 is 1. The first-order chi connectivity index (χ1) is 14.9. The number of nitrogens with two attached hydrogens (primary N) is 1. The van der Waals surface area contributed by atoms with E-state index in [-0.39, 0.29) is 0 Å². The van der Waals surface area contributed by atoms with E-state index >= 15 is 0 Å². The average Bonchev–Trinajstić information content (AvgIpc) is 3.13. The zero-order chi connectivity index (χ0) is 22.4. The van der Waals surface area contributed by atoms with E-state index in [1.54, 1.807) is 7.11 Å². The summed E-state index contributed by atoms with van der Waals surface area (Å²) in [6.45, 7) is 8.54. The predicted octanol–water partition coefficient (Wildman–Crippen LogP) is 3.55. The van der Waals surface area contributed by atoms with Crippen molar-refractivity contribution < 1.29 is 9.47 Å². The standard InChI is InChI=1S/C22H30N6O2S/c1-5-30-13-18-27-19-20(14(2)15(3)25-21(19)23)28(18)12-6-11-24-22(31)26-16-7-9-17(29-4)10-8-16/h7-10H,5-6,11-13H2,1-4H3,(H2,23,25)(H2,24,26,31). The molecule has 0 fully saturated rings. The van der Waals surface area contributed by atoms with Gasteiger partial charge in [-0.15, -0.1) is 0 Å². The first-order valence-corrected chi connectivity index (χ1v) is 10.7. The lowest BCUT2D eigenvalue weighted by Crippen LogP contribution is -2.29. The van der Waals surface area contributed by atoms with Crippen LogP contribution in [0.3, 0.4) is 0 Å². The molecule has 1 aromatic carbocycles. The molecule has 31 heavy (non-hydrogen) atoms. The lowest BCUT2D eigenvalue weighted by atomic mass is 10.2. The number of anilines is 2. The van der Waals surface area contributed by atoms with Crippen LogP contribution in [-0.2, 0) is 17.9 Å². The van der Waals surface area contributed by atoms with Crippen LogP contribution < -0.4 is 21.1 Å². The molecule has 2 heterocycles. The van der Waals surface area contributed by atoms with Gasteiger partial charge in [0.1, 0.15) is 23.7 Å². The molecule has 9 heteroatoms. The summed E-state index contributed by atoms with van der Waals surface area (Å²) >= 11 is 5.41. The number of ether oxygens (including phenoxy) is 2. The number of pyridine rings is 1. The van der Waals surface area contributed by atoms with E-state index in [4.69, 9.17) is 32.4 Å². The summed E-state index contributed by atoms with van der Waals surface area (Å²) in [5.74, 6) is 2.12. The molecule has 0 amide bonds. The highest BCUT2D eigenvalue weighted by molar-refractivity contribution is 7.80. The van der Waals surface area contributed by atoms with Gasteiger partial charge in [0.15, 0.2) is 10.9 Å². The molecule has 0 radical (unpaired) electrons. The Morgan fingerprint density at radius 1 is 1.19 bits per heavy atom. The maximum absolute atomic E-state index is 6.15. The van der Waals surface area contributed by atoms with E-state index < -0.39 is 0 Å². The van der Waals surface area contributed by atoms with E-state index in [9.17, 15) is 0 Å². The Kier molecular flexibility index (Phi) is 7.64. The van der Waals surface area contributed by atoms with Gasteiger partial charge in [-0.05, 0) is 69.2 Å². The summed E-state index contributed by atoms with van der Waals surface area (Å²) in [6.07, 6.45) is 0.857. The van der Waals surface area contributed by atoms with Crippen molar-refractivity contribution in [3.05, 3.63) is 41.3 Å². The van der Waals surface area contributed by atoms with Crippen molar-refractivity contribution in [1.82, 2.24) is 19.9 Å². The quantitative estimate of drug-likeness (QED) is 0.342. The molecular weight excluding hydrogens is 412 g/mol. The van der Waals surface area contributed by atoms with E-state index in [1.165, 1.54) is 0 Å². The van der Waals surface area contributed by atoms with Crippen molar-refractivity contribution in [1.29, 1.82) is 0 Å². The number of benzene rings is 1. The molecule has 3 aromatic rings. The molecule has 0 spiro atoms. The van der Waals surface area contributed by atoms with Crippen LogP contribution in [0.4, 0.5) is 11.5 Å². The molecule has 0 saturated heterocycles. The first kappa shape index (κ1) is 22.8. The van der Waals surface area contributed by atoms with Crippen LogP contribution in [0, 0.1) is 13.8 Å². The fraction of sp³-hybridized carbons (Fsp3) is 0.409. The number of rotatable bonds is 9. The summed E-state index contributed by atoms with van der Waals surface area (Å²) < 4.78 is 13.0. The Labute approximate surface area is 188 Å². The minimum absolute atomic E-state index is 0.438. The number of thiocarbonyl (C=S) groups is 1. The number of fused-ring (bicyclic) bond motifs is 1. The van der Waals surface area contributed by atoms with Crippen LogP contribution in [0.25, 0.3) is 11.0 Å². The highest BCUT2D eigenvalue weighted by Crippen LogP contribution is 2.26. The van der Waals surface area contributed by atoms with Crippen LogP contribution in [0.5, 0.6) is 5.75 Å². The number of imidazole rings is 1. The summed E-state index contributed by atoms with van der Waals surface area (Å²) in [6, 6.07) is 7.63. The summed E-state index contributed by atoms with van der Waals surface area (Å²) in [7, 11) is 1.64.